The van der Waals surface area contributed by atoms with Gasteiger partial charge in [-0.25, -0.2) is 15.0 Å². The second kappa shape index (κ2) is 8.61. The van der Waals surface area contributed by atoms with Crippen LogP contribution in [-0.4, -0.2) is 37.0 Å². The van der Waals surface area contributed by atoms with E-state index in [2.05, 4.69) is 92.1 Å². The highest BCUT2D eigenvalue weighted by Crippen LogP contribution is 2.45. The summed E-state index contributed by atoms with van der Waals surface area (Å²) < 4.78 is 0. The summed E-state index contributed by atoms with van der Waals surface area (Å²) in [5.41, 5.74) is 7.47. The molecule has 0 spiro atoms. The lowest BCUT2D eigenvalue weighted by atomic mass is 10.0. The number of hydrogen-bond donors (Lipinski definition) is 4. The van der Waals surface area contributed by atoms with Gasteiger partial charge < -0.3 is 20.6 Å². The van der Waals surface area contributed by atoms with Gasteiger partial charge >= 0.3 is 0 Å². The van der Waals surface area contributed by atoms with Gasteiger partial charge in [0.1, 0.15) is 11.6 Å². The number of H-pyrrole nitrogens is 2. The van der Waals surface area contributed by atoms with E-state index < -0.39 is 0 Å². The Morgan fingerprint density at radius 1 is 0.711 bits per heavy atom. The summed E-state index contributed by atoms with van der Waals surface area (Å²) in [6.45, 7) is 2.22. The van der Waals surface area contributed by atoms with Crippen molar-refractivity contribution in [2.75, 3.05) is 0 Å². The highest BCUT2D eigenvalue weighted by atomic mass is 15.1. The van der Waals surface area contributed by atoms with Crippen LogP contribution in [0.4, 0.5) is 0 Å². The SMILES string of the molecule is C[C@@H]1CC[C@@H](c2ncc(-c3ccc4cc(-c5ccc(-c6cnc([C@@H]7CC8CC8N7)[nH]6)cc5)ccc4n3)[nH]2)N1. The maximum atomic E-state index is 4.92. The Bertz CT molecular complexity index is 1620. The Balaban J connectivity index is 1.00. The predicted molar refractivity (Wildman–Crippen MR) is 149 cm³/mol. The van der Waals surface area contributed by atoms with Gasteiger partial charge in [-0.05, 0) is 73.4 Å². The van der Waals surface area contributed by atoms with E-state index in [-0.39, 0.29) is 0 Å². The fourth-order valence-corrected chi connectivity index (χ4v) is 6.28. The van der Waals surface area contributed by atoms with E-state index in [1.54, 1.807) is 0 Å². The number of nitrogens with one attached hydrogen (secondary N) is 4. The van der Waals surface area contributed by atoms with Crippen molar-refractivity contribution in [3.8, 4) is 33.8 Å². The smallest absolute Gasteiger partial charge is 0.123 e. The van der Waals surface area contributed by atoms with Crippen molar-refractivity contribution in [2.45, 2.75) is 56.8 Å². The average Bonchev–Trinajstić information content (AvgIpc) is 3.52. The minimum Gasteiger partial charge on any atom is -0.341 e. The molecule has 2 saturated heterocycles. The molecule has 0 bridgehead atoms. The van der Waals surface area contributed by atoms with Crippen molar-refractivity contribution in [1.82, 2.24) is 35.6 Å². The molecule has 3 fully saturated rings. The molecule has 3 aromatic heterocycles. The van der Waals surface area contributed by atoms with E-state index in [9.17, 15) is 0 Å². The third-order valence-corrected chi connectivity index (χ3v) is 8.60. The third-order valence-electron chi connectivity index (χ3n) is 8.60. The van der Waals surface area contributed by atoms with E-state index in [1.807, 2.05) is 12.4 Å². The summed E-state index contributed by atoms with van der Waals surface area (Å²) in [7, 11) is 0. The first-order valence-corrected chi connectivity index (χ1v) is 13.8. The molecule has 4 N–H and O–H groups in total. The molecule has 5 atom stereocenters. The number of fused-ring (bicyclic) bond motifs is 2. The summed E-state index contributed by atoms with van der Waals surface area (Å²) in [6.07, 6.45) is 8.70. The molecular weight excluding hydrogens is 470 g/mol. The number of imidazole rings is 2. The minimum absolute atomic E-state index is 0.304. The molecule has 7 heteroatoms. The molecule has 2 unspecified atom stereocenters. The monoisotopic (exact) mass is 501 g/mol. The first kappa shape index (κ1) is 22.2. The highest BCUT2D eigenvalue weighted by Gasteiger charge is 2.46. The molecule has 5 heterocycles. The van der Waals surface area contributed by atoms with E-state index in [4.69, 9.17) is 4.98 Å². The first-order chi connectivity index (χ1) is 18.7. The Labute approximate surface area is 221 Å². The number of pyridine rings is 1. The van der Waals surface area contributed by atoms with Gasteiger partial charge in [-0.3, -0.25) is 0 Å². The largest absolute Gasteiger partial charge is 0.341 e. The van der Waals surface area contributed by atoms with Gasteiger partial charge in [0.25, 0.3) is 0 Å². The zero-order valence-corrected chi connectivity index (χ0v) is 21.4. The fraction of sp³-hybridized carbons (Fsp3) is 0.323. The van der Waals surface area contributed by atoms with Crippen molar-refractivity contribution in [2.24, 2.45) is 5.92 Å². The van der Waals surface area contributed by atoms with Gasteiger partial charge in [0.05, 0.1) is 47.1 Å². The molecular formula is C31H31N7. The summed E-state index contributed by atoms with van der Waals surface area (Å²) in [6, 6.07) is 21.4. The van der Waals surface area contributed by atoms with Crippen LogP contribution >= 0.6 is 0 Å². The zero-order valence-electron chi connectivity index (χ0n) is 21.4. The van der Waals surface area contributed by atoms with Crippen LogP contribution < -0.4 is 10.6 Å². The van der Waals surface area contributed by atoms with Gasteiger partial charge in [-0.2, -0.15) is 0 Å². The van der Waals surface area contributed by atoms with E-state index >= 15 is 0 Å². The van der Waals surface area contributed by atoms with Crippen molar-refractivity contribution < 1.29 is 0 Å². The average molecular weight is 502 g/mol. The second-order valence-corrected chi connectivity index (χ2v) is 11.3. The lowest BCUT2D eigenvalue weighted by Gasteiger charge is -2.09. The number of piperidine rings is 1. The van der Waals surface area contributed by atoms with Crippen LogP contribution in [0.1, 0.15) is 56.3 Å². The Kier molecular flexibility index (Phi) is 5.03. The van der Waals surface area contributed by atoms with Gasteiger partial charge in [0.2, 0.25) is 0 Å². The normalized spacial score (nSPS) is 26.2. The zero-order chi connectivity index (χ0) is 25.2. The van der Waals surface area contributed by atoms with E-state index in [0.717, 1.165) is 63.6 Å². The molecule has 0 amide bonds. The second-order valence-electron chi connectivity index (χ2n) is 11.3. The van der Waals surface area contributed by atoms with Gasteiger partial charge in [0, 0.05) is 17.5 Å². The summed E-state index contributed by atoms with van der Waals surface area (Å²) in [4.78, 5) is 21.2. The standard InChI is InChI=1S/C31H31N7/c1-17-2-9-25(34-17)30-33-16-29(38-30)24-11-8-21-12-20(7-10-23(21)35-24)18-3-5-19(6-4-18)28-15-32-31(37-28)27-14-22-13-26(22)36-27/h3-8,10-12,15-17,22,25-27,34,36H,2,9,13-14H2,1H3,(H,32,37)(H,33,38)/t17-,22?,25+,26?,27+/m1/s1. The predicted octanol–water partition coefficient (Wildman–Crippen LogP) is 5.92. The lowest BCUT2D eigenvalue weighted by molar-refractivity contribution is 0.543. The molecule has 2 aromatic carbocycles. The molecule has 1 aliphatic carbocycles. The number of aromatic nitrogens is 5. The number of hydrogen-bond acceptors (Lipinski definition) is 5. The number of benzene rings is 2. The van der Waals surface area contributed by atoms with Crippen molar-refractivity contribution >= 4 is 10.9 Å². The van der Waals surface area contributed by atoms with Crippen LogP contribution in [-0.2, 0) is 0 Å². The van der Waals surface area contributed by atoms with Crippen LogP contribution in [0.25, 0.3) is 44.7 Å². The molecule has 2 aliphatic heterocycles. The quantitative estimate of drug-likeness (QED) is 0.240. The maximum absolute atomic E-state index is 4.92. The molecule has 3 aliphatic rings. The molecule has 190 valence electrons. The minimum atomic E-state index is 0.304. The molecule has 7 nitrogen and oxygen atoms in total. The summed E-state index contributed by atoms with van der Waals surface area (Å²) >= 11 is 0. The van der Waals surface area contributed by atoms with Crippen LogP contribution in [0.5, 0.6) is 0 Å². The van der Waals surface area contributed by atoms with Crippen molar-refractivity contribution in [1.29, 1.82) is 0 Å². The third kappa shape index (κ3) is 3.94. The van der Waals surface area contributed by atoms with Crippen LogP contribution in [0, 0.1) is 5.92 Å². The number of rotatable bonds is 5. The van der Waals surface area contributed by atoms with Gasteiger partial charge in [-0.1, -0.05) is 36.4 Å². The van der Waals surface area contributed by atoms with Gasteiger partial charge in [-0.15, -0.1) is 0 Å². The summed E-state index contributed by atoms with van der Waals surface area (Å²) in [5, 5.41) is 8.39. The Hall–Kier alpha value is -3.81. The van der Waals surface area contributed by atoms with E-state index in [1.165, 1.54) is 30.4 Å². The van der Waals surface area contributed by atoms with Crippen molar-refractivity contribution in [3.05, 3.63) is 78.6 Å². The first-order valence-electron chi connectivity index (χ1n) is 13.8. The van der Waals surface area contributed by atoms with Gasteiger partial charge in [0.15, 0.2) is 0 Å². The molecule has 5 aromatic rings. The van der Waals surface area contributed by atoms with E-state index in [0.29, 0.717) is 18.1 Å². The van der Waals surface area contributed by atoms with Crippen LogP contribution in [0.2, 0.25) is 0 Å². The highest BCUT2D eigenvalue weighted by molar-refractivity contribution is 5.86. The van der Waals surface area contributed by atoms with Crippen LogP contribution in [0.15, 0.2) is 67.0 Å². The molecule has 0 radical (unpaired) electrons. The molecule has 8 rings (SSSR count). The molecule has 1 saturated carbocycles. The summed E-state index contributed by atoms with van der Waals surface area (Å²) in [5.74, 6) is 2.93. The molecule has 38 heavy (non-hydrogen) atoms. The number of nitrogens with zero attached hydrogens (tertiary/aromatic N) is 3. The fourth-order valence-electron chi connectivity index (χ4n) is 6.28. The lowest BCUT2D eigenvalue weighted by Crippen LogP contribution is -2.21. The topological polar surface area (TPSA) is 94.3 Å². The van der Waals surface area contributed by atoms with Crippen molar-refractivity contribution in [3.63, 3.8) is 0 Å². The Morgan fingerprint density at radius 3 is 2.26 bits per heavy atom. The Morgan fingerprint density at radius 2 is 1.47 bits per heavy atom. The number of aromatic amines is 2. The maximum Gasteiger partial charge on any atom is 0.123 e. The van der Waals surface area contributed by atoms with Crippen LogP contribution in [0.3, 0.4) is 0 Å².